The molecule has 2 unspecified atom stereocenters. The highest BCUT2D eigenvalue weighted by Gasteiger charge is 2.29. The molecule has 0 radical (unpaired) electrons. The Morgan fingerprint density at radius 3 is 1.52 bits per heavy atom. The normalized spacial score (nSPS) is 18.0. The molecule has 1 fully saturated rings. The van der Waals surface area contributed by atoms with Crippen molar-refractivity contribution < 1.29 is 0 Å². The minimum Gasteiger partial charge on any atom is -0.354 e. The summed E-state index contributed by atoms with van der Waals surface area (Å²) in [6, 6.07) is 58.5. The van der Waals surface area contributed by atoms with Gasteiger partial charge in [-0.25, -0.2) is 0 Å². The third-order valence-electron chi connectivity index (χ3n) is 9.38. The van der Waals surface area contributed by atoms with Gasteiger partial charge in [0.25, 0.3) is 0 Å². The summed E-state index contributed by atoms with van der Waals surface area (Å²) in [7, 11) is 0. The third kappa shape index (κ3) is 5.23. The van der Waals surface area contributed by atoms with Crippen molar-refractivity contribution >= 4 is 53.7 Å². The molecule has 0 amide bonds. The fraction of sp³-hybridized carbons (Fsp3) is 0.0698. The minimum absolute atomic E-state index is 0.00702. The monoisotopic (exact) mass is 638 g/mol. The molecule has 1 aromatic heterocycles. The van der Waals surface area contributed by atoms with Crippen LogP contribution in [-0.2, 0) is 0 Å². The van der Waals surface area contributed by atoms with Gasteiger partial charge < -0.3 is 5.32 Å². The van der Waals surface area contributed by atoms with E-state index in [0.717, 1.165) is 11.4 Å². The van der Waals surface area contributed by atoms with E-state index < -0.39 is 0 Å². The lowest BCUT2D eigenvalue weighted by atomic mass is 9.93. The number of thiophene rings is 1. The van der Waals surface area contributed by atoms with Gasteiger partial charge in [-0.05, 0) is 40.5 Å². The van der Waals surface area contributed by atoms with Crippen molar-refractivity contribution in [3.8, 4) is 11.1 Å². The average Bonchev–Trinajstić information content (AvgIpc) is 3.56. The molecule has 0 bridgehead atoms. The predicted molar refractivity (Wildman–Crippen MR) is 203 cm³/mol. The molecule has 4 N–H and O–H groups in total. The maximum Gasteiger partial charge on any atom is 0.0864 e. The quantitative estimate of drug-likeness (QED) is 0.146. The standard InChI is InChI=1S/C43H34N4S/c1-4-14-28(15-5-1)37-38-35-22-12-13-23-36(35)48-40(38)34-21-11-10-20-33(34)39(37)44-32-26-24-31(25-27-32)43-46-41(29-16-6-2-7-17-29)45-42(47-43)30-18-8-3-9-19-30/h1-27,41-47H. The molecule has 1 saturated heterocycles. The third-order valence-corrected chi connectivity index (χ3v) is 10.6. The van der Waals surface area contributed by atoms with Crippen molar-refractivity contribution in [2.45, 2.75) is 18.5 Å². The summed E-state index contributed by atoms with van der Waals surface area (Å²) >= 11 is 1.88. The van der Waals surface area contributed by atoms with Crippen LogP contribution in [0.2, 0.25) is 0 Å². The van der Waals surface area contributed by atoms with Crippen LogP contribution in [0.5, 0.6) is 0 Å². The van der Waals surface area contributed by atoms with Gasteiger partial charge in [0.2, 0.25) is 0 Å². The van der Waals surface area contributed by atoms with Crippen LogP contribution in [0.3, 0.4) is 0 Å². The van der Waals surface area contributed by atoms with Gasteiger partial charge in [0.05, 0.1) is 24.2 Å². The second-order valence-electron chi connectivity index (χ2n) is 12.3. The van der Waals surface area contributed by atoms with E-state index in [1.165, 1.54) is 58.8 Å². The first-order chi connectivity index (χ1) is 23.8. The number of fused-ring (bicyclic) bond motifs is 5. The summed E-state index contributed by atoms with van der Waals surface area (Å²) in [6.07, 6.45) is -0.0650. The van der Waals surface area contributed by atoms with Crippen LogP contribution in [0.15, 0.2) is 164 Å². The summed E-state index contributed by atoms with van der Waals surface area (Å²) in [5.41, 5.74) is 8.22. The van der Waals surface area contributed by atoms with Crippen molar-refractivity contribution in [3.05, 3.63) is 180 Å². The van der Waals surface area contributed by atoms with Gasteiger partial charge in [-0.15, -0.1) is 11.3 Å². The smallest absolute Gasteiger partial charge is 0.0864 e. The Morgan fingerprint density at radius 2 is 0.917 bits per heavy atom. The number of rotatable bonds is 6. The zero-order valence-electron chi connectivity index (χ0n) is 26.2. The summed E-state index contributed by atoms with van der Waals surface area (Å²) in [4.78, 5) is 0. The Balaban J connectivity index is 1.12. The van der Waals surface area contributed by atoms with Crippen LogP contribution in [0, 0.1) is 0 Å². The lowest BCUT2D eigenvalue weighted by molar-refractivity contribution is 0.203. The van der Waals surface area contributed by atoms with E-state index in [1.807, 2.05) is 11.3 Å². The van der Waals surface area contributed by atoms with Gasteiger partial charge in [-0.2, -0.15) is 0 Å². The minimum atomic E-state index is -0.0510. The van der Waals surface area contributed by atoms with Crippen molar-refractivity contribution in [2.75, 3.05) is 5.32 Å². The highest BCUT2D eigenvalue weighted by molar-refractivity contribution is 7.26. The number of nitrogens with one attached hydrogen (secondary N) is 4. The topological polar surface area (TPSA) is 48.1 Å². The van der Waals surface area contributed by atoms with Crippen LogP contribution in [-0.4, -0.2) is 0 Å². The predicted octanol–water partition coefficient (Wildman–Crippen LogP) is 10.8. The zero-order chi connectivity index (χ0) is 31.9. The second kappa shape index (κ2) is 12.4. The van der Waals surface area contributed by atoms with Gasteiger partial charge >= 0.3 is 0 Å². The van der Waals surface area contributed by atoms with Gasteiger partial charge in [0.15, 0.2) is 0 Å². The van der Waals surface area contributed by atoms with E-state index in [0.29, 0.717) is 0 Å². The van der Waals surface area contributed by atoms with E-state index in [9.17, 15) is 0 Å². The van der Waals surface area contributed by atoms with Crippen molar-refractivity contribution in [2.24, 2.45) is 0 Å². The van der Waals surface area contributed by atoms with E-state index in [-0.39, 0.29) is 18.5 Å². The first kappa shape index (κ1) is 28.9. The molecule has 2 atom stereocenters. The first-order valence-corrected chi connectivity index (χ1v) is 17.3. The Morgan fingerprint density at radius 1 is 0.438 bits per heavy atom. The summed E-state index contributed by atoms with van der Waals surface area (Å²) in [5.74, 6) is 0. The molecule has 2 heterocycles. The molecule has 1 aliphatic heterocycles. The van der Waals surface area contributed by atoms with Crippen LogP contribution in [0.4, 0.5) is 11.4 Å². The number of benzene rings is 7. The SMILES string of the molecule is c1ccc(-c2c(Nc3ccc(C4NC(c5ccccc5)NC(c5ccccc5)N4)cc3)c3ccccc3c3sc4ccccc4c23)cc1. The molecule has 9 rings (SSSR count). The fourth-order valence-electron chi connectivity index (χ4n) is 7.08. The molecular formula is C43H34N4S. The van der Waals surface area contributed by atoms with Crippen LogP contribution in [0.25, 0.3) is 42.1 Å². The van der Waals surface area contributed by atoms with Gasteiger partial charge in [0.1, 0.15) is 0 Å². The van der Waals surface area contributed by atoms with Gasteiger partial charge in [0, 0.05) is 42.2 Å². The Bertz CT molecular complexity index is 2310. The molecule has 7 aromatic carbocycles. The van der Waals surface area contributed by atoms with Crippen LogP contribution in [0.1, 0.15) is 35.2 Å². The van der Waals surface area contributed by atoms with Crippen LogP contribution < -0.4 is 21.3 Å². The summed E-state index contributed by atoms with van der Waals surface area (Å²) in [5, 5.41) is 20.4. The Hall–Kier alpha value is -5.30. The van der Waals surface area contributed by atoms with E-state index >= 15 is 0 Å². The molecular weight excluding hydrogens is 605 g/mol. The molecule has 1 aliphatic rings. The number of hydrogen-bond acceptors (Lipinski definition) is 5. The van der Waals surface area contributed by atoms with Crippen molar-refractivity contribution in [3.63, 3.8) is 0 Å². The molecule has 5 heteroatoms. The maximum absolute atomic E-state index is 3.91. The second-order valence-corrected chi connectivity index (χ2v) is 13.4. The van der Waals surface area contributed by atoms with Crippen molar-refractivity contribution in [1.29, 1.82) is 0 Å². The highest BCUT2D eigenvalue weighted by atomic mass is 32.1. The van der Waals surface area contributed by atoms with E-state index in [2.05, 4.69) is 185 Å². The lowest BCUT2D eigenvalue weighted by Gasteiger charge is -2.39. The van der Waals surface area contributed by atoms with E-state index in [4.69, 9.17) is 0 Å². The van der Waals surface area contributed by atoms with Crippen molar-refractivity contribution in [1.82, 2.24) is 16.0 Å². The number of anilines is 2. The first-order valence-electron chi connectivity index (χ1n) is 16.5. The molecule has 0 spiro atoms. The molecule has 0 saturated carbocycles. The lowest BCUT2D eigenvalue weighted by Crippen LogP contribution is -2.54. The molecule has 8 aromatic rings. The maximum atomic E-state index is 3.91. The Labute approximate surface area is 284 Å². The average molecular weight is 639 g/mol. The molecule has 48 heavy (non-hydrogen) atoms. The summed E-state index contributed by atoms with van der Waals surface area (Å²) in [6.45, 7) is 0. The fourth-order valence-corrected chi connectivity index (χ4v) is 8.33. The Kier molecular flexibility index (Phi) is 7.45. The molecule has 4 nitrogen and oxygen atoms in total. The van der Waals surface area contributed by atoms with Gasteiger partial charge in [-0.1, -0.05) is 146 Å². The molecule has 0 aliphatic carbocycles. The van der Waals surface area contributed by atoms with Gasteiger partial charge in [-0.3, -0.25) is 16.0 Å². The van der Waals surface area contributed by atoms with E-state index in [1.54, 1.807) is 0 Å². The zero-order valence-corrected chi connectivity index (χ0v) is 27.0. The summed E-state index contributed by atoms with van der Waals surface area (Å²) < 4.78 is 2.64. The molecule has 232 valence electrons. The highest BCUT2D eigenvalue weighted by Crippen LogP contribution is 2.49. The number of hydrogen-bond donors (Lipinski definition) is 4. The largest absolute Gasteiger partial charge is 0.354 e. The van der Waals surface area contributed by atoms with Crippen LogP contribution >= 0.6 is 11.3 Å².